The van der Waals surface area contributed by atoms with Crippen LogP contribution in [0.5, 0.6) is 5.75 Å². The van der Waals surface area contributed by atoms with Crippen molar-refractivity contribution in [2.45, 2.75) is 4.90 Å². The van der Waals surface area contributed by atoms with Gasteiger partial charge in [-0.3, -0.25) is 4.72 Å². The molecule has 0 spiro atoms. The monoisotopic (exact) mass is 317 g/mol. The molecule has 106 valence electrons. The third kappa shape index (κ3) is 3.14. The number of benzene rings is 1. The van der Waals surface area contributed by atoms with Crippen LogP contribution in [0, 0.1) is 5.82 Å². The number of methoxy groups -OCH3 is 1. The summed E-state index contributed by atoms with van der Waals surface area (Å²) in [5, 5.41) is -0.0626. The van der Waals surface area contributed by atoms with Gasteiger partial charge in [0, 0.05) is 6.07 Å². The Balaban J connectivity index is 2.30. The summed E-state index contributed by atoms with van der Waals surface area (Å²) in [7, 11) is -2.60. The minimum Gasteiger partial charge on any atom is -0.494 e. The molecule has 0 fully saturated rings. The van der Waals surface area contributed by atoms with Crippen LogP contribution in [0.4, 0.5) is 10.1 Å². The third-order valence-electron chi connectivity index (χ3n) is 2.31. The lowest BCUT2D eigenvalue weighted by Crippen LogP contribution is -2.13. The molecule has 20 heavy (non-hydrogen) atoms. The highest BCUT2D eigenvalue weighted by molar-refractivity contribution is 7.92. The molecular weight excluding hydrogens is 309 g/mol. The summed E-state index contributed by atoms with van der Waals surface area (Å²) in [6, 6.07) is 3.59. The Morgan fingerprint density at radius 1 is 1.30 bits per heavy atom. The zero-order valence-electron chi connectivity index (χ0n) is 10.2. The standard InChI is InChI=1S/C11H9ClFN3O3S/c1-19-10-4-7(2-3-9(10)13)16-20(17,18)8-5-14-11(12)15-6-8/h2-6,16H,1H3. The van der Waals surface area contributed by atoms with Gasteiger partial charge in [-0.05, 0) is 23.7 Å². The van der Waals surface area contributed by atoms with Gasteiger partial charge in [-0.25, -0.2) is 22.8 Å². The van der Waals surface area contributed by atoms with Gasteiger partial charge in [0.1, 0.15) is 4.90 Å². The van der Waals surface area contributed by atoms with Crippen LogP contribution in [0.15, 0.2) is 35.5 Å². The Labute approximate surface area is 119 Å². The first-order valence-electron chi connectivity index (χ1n) is 5.26. The van der Waals surface area contributed by atoms with Gasteiger partial charge in [0.15, 0.2) is 11.6 Å². The largest absolute Gasteiger partial charge is 0.494 e. The molecule has 2 rings (SSSR count). The number of hydrogen-bond acceptors (Lipinski definition) is 5. The van der Waals surface area contributed by atoms with Crippen molar-refractivity contribution in [3.8, 4) is 5.75 Å². The third-order valence-corrected chi connectivity index (χ3v) is 3.84. The van der Waals surface area contributed by atoms with Gasteiger partial charge < -0.3 is 4.74 Å². The van der Waals surface area contributed by atoms with Gasteiger partial charge in [0.2, 0.25) is 5.28 Å². The molecule has 9 heteroatoms. The van der Waals surface area contributed by atoms with E-state index in [2.05, 4.69) is 14.7 Å². The fraction of sp³-hybridized carbons (Fsp3) is 0.0909. The number of rotatable bonds is 4. The lowest BCUT2D eigenvalue weighted by Gasteiger charge is -2.09. The normalized spacial score (nSPS) is 11.2. The molecule has 1 aromatic heterocycles. The van der Waals surface area contributed by atoms with E-state index in [1.807, 2.05) is 0 Å². The molecule has 0 saturated carbocycles. The van der Waals surface area contributed by atoms with Gasteiger partial charge in [0.25, 0.3) is 10.0 Å². The van der Waals surface area contributed by atoms with Crippen molar-refractivity contribution in [3.05, 3.63) is 41.7 Å². The molecule has 1 heterocycles. The zero-order chi connectivity index (χ0) is 14.8. The minimum absolute atomic E-state index is 0.0626. The number of nitrogens with zero attached hydrogens (tertiary/aromatic N) is 2. The van der Waals surface area contributed by atoms with Gasteiger partial charge >= 0.3 is 0 Å². The van der Waals surface area contributed by atoms with E-state index in [1.54, 1.807) is 0 Å². The molecule has 0 unspecified atom stereocenters. The Kier molecular flexibility index (Phi) is 4.05. The summed E-state index contributed by atoms with van der Waals surface area (Å²) in [6.07, 6.45) is 2.14. The van der Waals surface area contributed by atoms with Crippen molar-refractivity contribution >= 4 is 27.3 Å². The van der Waals surface area contributed by atoms with Crippen molar-refractivity contribution in [1.82, 2.24) is 9.97 Å². The smallest absolute Gasteiger partial charge is 0.264 e. The number of aromatic nitrogens is 2. The summed E-state index contributed by atoms with van der Waals surface area (Å²) in [5.74, 6) is -0.664. The van der Waals surface area contributed by atoms with Gasteiger partial charge in [0.05, 0.1) is 25.2 Å². The first-order chi connectivity index (χ1) is 9.42. The second kappa shape index (κ2) is 5.59. The summed E-state index contributed by atoms with van der Waals surface area (Å²) in [5.41, 5.74) is 0.151. The summed E-state index contributed by atoms with van der Waals surface area (Å²) in [6.45, 7) is 0. The number of halogens is 2. The molecule has 0 aliphatic heterocycles. The van der Waals surface area contributed by atoms with Crippen molar-refractivity contribution in [2.75, 3.05) is 11.8 Å². The van der Waals surface area contributed by atoms with Crippen molar-refractivity contribution in [2.24, 2.45) is 0 Å². The van der Waals surface area contributed by atoms with Crippen LogP contribution in [0.2, 0.25) is 5.28 Å². The van der Waals surface area contributed by atoms with E-state index in [1.165, 1.54) is 19.2 Å². The molecule has 6 nitrogen and oxygen atoms in total. The molecule has 1 N–H and O–H groups in total. The molecule has 2 aromatic rings. The van der Waals surface area contributed by atoms with E-state index in [4.69, 9.17) is 16.3 Å². The highest BCUT2D eigenvalue weighted by Crippen LogP contribution is 2.23. The predicted octanol–water partition coefficient (Wildman–Crippen LogP) is 2.08. The SMILES string of the molecule is COc1cc(NS(=O)(=O)c2cnc(Cl)nc2)ccc1F. The number of hydrogen-bond donors (Lipinski definition) is 1. The molecular formula is C11H9ClFN3O3S. The molecule has 0 saturated heterocycles. The van der Waals surface area contributed by atoms with Gasteiger partial charge in [-0.1, -0.05) is 0 Å². The van der Waals surface area contributed by atoms with Crippen LogP contribution in [0.1, 0.15) is 0 Å². The summed E-state index contributed by atoms with van der Waals surface area (Å²) in [4.78, 5) is 7.01. The topological polar surface area (TPSA) is 81.2 Å². The van der Waals surface area contributed by atoms with Crippen LogP contribution < -0.4 is 9.46 Å². The van der Waals surface area contributed by atoms with Crippen LogP contribution in [-0.4, -0.2) is 25.5 Å². The van der Waals surface area contributed by atoms with Crippen molar-refractivity contribution in [1.29, 1.82) is 0 Å². The molecule has 0 aliphatic carbocycles. The fourth-order valence-corrected chi connectivity index (χ4v) is 2.41. The molecule has 0 radical (unpaired) electrons. The maximum atomic E-state index is 13.2. The van der Waals surface area contributed by atoms with Crippen LogP contribution >= 0.6 is 11.6 Å². The number of nitrogens with one attached hydrogen (secondary N) is 1. The number of ether oxygens (including phenoxy) is 1. The van der Waals surface area contributed by atoms with Gasteiger partial charge in [-0.15, -0.1) is 0 Å². The predicted molar refractivity (Wildman–Crippen MR) is 70.8 cm³/mol. The second-order valence-electron chi connectivity index (χ2n) is 3.64. The van der Waals surface area contributed by atoms with Crippen molar-refractivity contribution < 1.29 is 17.5 Å². The van der Waals surface area contributed by atoms with Crippen LogP contribution in [0.25, 0.3) is 0 Å². The van der Waals surface area contributed by atoms with E-state index in [-0.39, 0.29) is 21.6 Å². The molecule has 0 amide bonds. The minimum atomic E-state index is -3.88. The molecule has 0 atom stereocenters. The Hall–Kier alpha value is -1.93. The average Bonchev–Trinajstić information content (AvgIpc) is 2.41. The van der Waals surface area contributed by atoms with Crippen LogP contribution in [0.3, 0.4) is 0 Å². The van der Waals surface area contributed by atoms with E-state index in [9.17, 15) is 12.8 Å². The Bertz CT molecular complexity index is 722. The lowest BCUT2D eigenvalue weighted by molar-refractivity contribution is 0.387. The highest BCUT2D eigenvalue weighted by Gasteiger charge is 2.16. The van der Waals surface area contributed by atoms with Gasteiger partial charge in [-0.2, -0.15) is 0 Å². The quantitative estimate of drug-likeness (QED) is 0.873. The highest BCUT2D eigenvalue weighted by atomic mass is 35.5. The molecule has 1 aromatic carbocycles. The first-order valence-corrected chi connectivity index (χ1v) is 7.12. The summed E-state index contributed by atoms with van der Waals surface area (Å²) < 4.78 is 44.3. The number of sulfonamides is 1. The van der Waals surface area contributed by atoms with Crippen LogP contribution in [-0.2, 0) is 10.0 Å². The van der Waals surface area contributed by atoms with E-state index in [0.29, 0.717) is 0 Å². The Morgan fingerprint density at radius 3 is 2.55 bits per heavy atom. The first kappa shape index (κ1) is 14.5. The molecule has 0 aliphatic rings. The zero-order valence-corrected chi connectivity index (χ0v) is 11.7. The Morgan fingerprint density at radius 2 is 1.95 bits per heavy atom. The molecule has 0 bridgehead atoms. The second-order valence-corrected chi connectivity index (χ2v) is 5.66. The average molecular weight is 318 g/mol. The van der Waals surface area contributed by atoms with E-state index in [0.717, 1.165) is 18.5 Å². The van der Waals surface area contributed by atoms with Crippen molar-refractivity contribution in [3.63, 3.8) is 0 Å². The maximum Gasteiger partial charge on any atom is 0.264 e. The lowest BCUT2D eigenvalue weighted by atomic mass is 10.3. The summed E-state index contributed by atoms with van der Waals surface area (Å²) >= 11 is 5.48. The van der Waals surface area contributed by atoms with E-state index >= 15 is 0 Å². The number of anilines is 1. The fourth-order valence-electron chi connectivity index (χ4n) is 1.38. The van der Waals surface area contributed by atoms with E-state index < -0.39 is 15.8 Å². The maximum absolute atomic E-state index is 13.2.